The normalized spacial score (nSPS) is 11.2. The summed E-state index contributed by atoms with van der Waals surface area (Å²) in [5.74, 6) is 1.51. The van der Waals surface area contributed by atoms with E-state index in [9.17, 15) is 0 Å². The number of hydrogen-bond donors (Lipinski definition) is 0. The van der Waals surface area contributed by atoms with Crippen LogP contribution in [0.25, 0.3) is 11.0 Å². The number of ether oxygens (including phenoxy) is 2. The quantitative estimate of drug-likeness (QED) is 0.446. The number of fused-ring (bicyclic) bond motifs is 1. The number of hydrogen-bond acceptors (Lipinski definition) is 3. The number of rotatable bonds is 6. The molecule has 0 radical (unpaired) electrons. The Morgan fingerprint density at radius 1 is 0.808 bits per heavy atom. The van der Waals surface area contributed by atoms with Crippen LogP contribution in [-0.2, 0) is 11.3 Å². The van der Waals surface area contributed by atoms with Gasteiger partial charge in [-0.1, -0.05) is 72.8 Å². The zero-order valence-electron chi connectivity index (χ0n) is 14.6. The molecule has 0 amide bonds. The maximum Gasteiger partial charge on any atom is 0.176 e. The molecule has 0 saturated heterocycles. The van der Waals surface area contributed by atoms with E-state index in [1.165, 1.54) is 0 Å². The highest BCUT2D eigenvalue weighted by Gasteiger charge is 2.16. The van der Waals surface area contributed by atoms with Crippen LogP contribution < -0.4 is 4.74 Å². The van der Waals surface area contributed by atoms with Crippen LogP contribution in [0.5, 0.6) is 5.75 Å². The third-order valence-electron chi connectivity index (χ3n) is 4.38. The van der Waals surface area contributed by atoms with E-state index in [1.807, 2.05) is 60.7 Å². The molecule has 0 N–H and O–H groups in total. The summed E-state index contributed by atoms with van der Waals surface area (Å²) in [6, 6.07) is 28.3. The molecule has 0 atom stereocenters. The molecule has 0 saturated carbocycles. The number of methoxy groups -OCH3 is 1. The average molecular weight is 344 g/mol. The van der Waals surface area contributed by atoms with Gasteiger partial charge in [-0.3, -0.25) is 0 Å². The summed E-state index contributed by atoms with van der Waals surface area (Å²) < 4.78 is 17.6. The summed E-state index contributed by atoms with van der Waals surface area (Å²) >= 11 is 0. The van der Waals surface area contributed by atoms with Gasteiger partial charge in [0.15, 0.2) is 11.3 Å². The molecule has 4 rings (SSSR count). The largest absolute Gasteiger partial charge is 0.493 e. The third-order valence-corrected chi connectivity index (χ3v) is 4.38. The van der Waals surface area contributed by atoms with Crippen LogP contribution in [-0.4, -0.2) is 7.11 Å². The van der Waals surface area contributed by atoms with E-state index in [4.69, 9.17) is 13.9 Å². The van der Waals surface area contributed by atoms with Crippen LogP contribution in [0.4, 0.5) is 0 Å². The Morgan fingerprint density at radius 3 is 2.08 bits per heavy atom. The number of para-hydroxylation sites is 1. The highest BCUT2D eigenvalue weighted by atomic mass is 16.5. The summed E-state index contributed by atoms with van der Waals surface area (Å²) in [5, 5.41) is 1.01. The van der Waals surface area contributed by atoms with E-state index < -0.39 is 0 Å². The van der Waals surface area contributed by atoms with Crippen LogP contribution in [0.2, 0.25) is 0 Å². The Bertz CT molecular complexity index is 935. The van der Waals surface area contributed by atoms with Crippen molar-refractivity contribution in [2.45, 2.75) is 12.7 Å². The molecule has 0 spiro atoms. The highest BCUT2D eigenvalue weighted by molar-refractivity contribution is 5.83. The van der Waals surface area contributed by atoms with E-state index in [-0.39, 0.29) is 6.10 Å². The van der Waals surface area contributed by atoms with Gasteiger partial charge in [0.25, 0.3) is 0 Å². The number of benzene rings is 3. The molecule has 0 aliphatic rings. The Kier molecular flexibility index (Phi) is 4.71. The highest BCUT2D eigenvalue weighted by Crippen LogP contribution is 2.31. The molecule has 0 bridgehead atoms. The van der Waals surface area contributed by atoms with Crippen LogP contribution in [0.1, 0.15) is 23.0 Å². The van der Waals surface area contributed by atoms with Crippen molar-refractivity contribution in [3.8, 4) is 5.75 Å². The molecule has 3 aromatic carbocycles. The van der Waals surface area contributed by atoms with E-state index in [1.54, 1.807) is 7.11 Å². The van der Waals surface area contributed by atoms with Crippen molar-refractivity contribution >= 4 is 11.0 Å². The fourth-order valence-electron chi connectivity index (χ4n) is 3.13. The smallest absolute Gasteiger partial charge is 0.176 e. The lowest BCUT2D eigenvalue weighted by Crippen LogP contribution is -2.06. The summed E-state index contributed by atoms with van der Waals surface area (Å²) in [6.07, 6.45) is -0.146. The van der Waals surface area contributed by atoms with E-state index >= 15 is 0 Å². The Balaban J connectivity index is 1.61. The van der Waals surface area contributed by atoms with Crippen molar-refractivity contribution < 1.29 is 13.9 Å². The van der Waals surface area contributed by atoms with Crippen molar-refractivity contribution in [1.82, 2.24) is 0 Å². The first-order valence-electron chi connectivity index (χ1n) is 8.62. The van der Waals surface area contributed by atoms with Gasteiger partial charge in [-0.2, -0.15) is 0 Å². The maximum atomic E-state index is 6.27. The molecule has 1 heterocycles. The first-order valence-corrected chi connectivity index (χ1v) is 8.62. The number of furan rings is 1. The van der Waals surface area contributed by atoms with E-state index in [0.717, 1.165) is 33.6 Å². The van der Waals surface area contributed by atoms with Crippen molar-refractivity contribution in [1.29, 1.82) is 0 Å². The second-order valence-electron chi connectivity index (χ2n) is 6.10. The minimum Gasteiger partial charge on any atom is -0.493 e. The third kappa shape index (κ3) is 3.35. The zero-order valence-corrected chi connectivity index (χ0v) is 14.6. The minimum absolute atomic E-state index is 0.146. The summed E-state index contributed by atoms with van der Waals surface area (Å²) in [6.45, 7) is 0.381. The van der Waals surface area contributed by atoms with Gasteiger partial charge in [0, 0.05) is 5.39 Å². The lowest BCUT2D eigenvalue weighted by Gasteiger charge is -2.18. The van der Waals surface area contributed by atoms with E-state index in [0.29, 0.717) is 6.61 Å². The van der Waals surface area contributed by atoms with Crippen LogP contribution in [0.15, 0.2) is 89.3 Å². The predicted octanol–water partition coefficient (Wildman–Crippen LogP) is 5.75. The van der Waals surface area contributed by atoms with Gasteiger partial charge in [0.2, 0.25) is 0 Å². The lowest BCUT2D eigenvalue weighted by atomic mass is 10.0. The molecule has 0 fully saturated rings. The van der Waals surface area contributed by atoms with Gasteiger partial charge in [-0.25, -0.2) is 0 Å². The molecule has 1 aromatic heterocycles. The Hall–Kier alpha value is -3.04. The van der Waals surface area contributed by atoms with Gasteiger partial charge >= 0.3 is 0 Å². The summed E-state index contributed by atoms with van der Waals surface area (Å²) in [5.41, 5.74) is 2.99. The summed E-state index contributed by atoms with van der Waals surface area (Å²) in [4.78, 5) is 0. The van der Waals surface area contributed by atoms with Crippen molar-refractivity contribution in [3.05, 3.63) is 102 Å². The monoisotopic (exact) mass is 344 g/mol. The second-order valence-corrected chi connectivity index (χ2v) is 6.10. The Labute approximate surface area is 152 Å². The van der Waals surface area contributed by atoms with Gasteiger partial charge in [-0.15, -0.1) is 0 Å². The molecule has 0 aliphatic heterocycles. The maximum absolute atomic E-state index is 6.27. The second kappa shape index (κ2) is 7.46. The van der Waals surface area contributed by atoms with Crippen molar-refractivity contribution in [2.24, 2.45) is 0 Å². The zero-order chi connectivity index (χ0) is 17.8. The molecule has 4 aromatic rings. The van der Waals surface area contributed by atoms with Crippen molar-refractivity contribution in [3.63, 3.8) is 0 Å². The fraction of sp³-hybridized carbons (Fsp3) is 0.130. The molecular weight excluding hydrogens is 324 g/mol. The molecule has 0 aliphatic carbocycles. The molecule has 3 nitrogen and oxygen atoms in total. The Morgan fingerprint density at radius 2 is 1.46 bits per heavy atom. The lowest BCUT2D eigenvalue weighted by molar-refractivity contribution is 0.0562. The molecule has 130 valence electrons. The topological polar surface area (TPSA) is 31.6 Å². The van der Waals surface area contributed by atoms with Crippen molar-refractivity contribution in [2.75, 3.05) is 7.11 Å². The van der Waals surface area contributed by atoms with Gasteiger partial charge in [0.1, 0.15) is 18.5 Å². The first kappa shape index (κ1) is 16.4. The first-order chi connectivity index (χ1) is 12.8. The predicted molar refractivity (Wildman–Crippen MR) is 102 cm³/mol. The molecular formula is C23H20O3. The van der Waals surface area contributed by atoms with Crippen LogP contribution >= 0.6 is 0 Å². The van der Waals surface area contributed by atoms with Crippen LogP contribution in [0, 0.1) is 0 Å². The van der Waals surface area contributed by atoms with Gasteiger partial charge in [-0.05, 0) is 23.3 Å². The van der Waals surface area contributed by atoms with Gasteiger partial charge < -0.3 is 13.9 Å². The van der Waals surface area contributed by atoms with Gasteiger partial charge in [0.05, 0.1) is 7.11 Å². The fourth-order valence-corrected chi connectivity index (χ4v) is 3.13. The minimum atomic E-state index is -0.146. The average Bonchev–Trinajstić information content (AvgIpc) is 3.13. The molecule has 26 heavy (non-hydrogen) atoms. The summed E-state index contributed by atoms with van der Waals surface area (Å²) in [7, 11) is 1.65. The molecule has 0 unspecified atom stereocenters. The van der Waals surface area contributed by atoms with Crippen LogP contribution in [0.3, 0.4) is 0 Å². The molecule has 3 heteroatoms. The SMILES string of the molecule is COc1cccc2cc(COC(c3ccccc3)c3ccccc3)oc12. The van der Waals surface area contributed by atoms with E-state index in [2.05, 4.69) is 24.3 Å². The standard InChI is InChI=1S/C23H20O3/c1-24-21-14-8-13-19-15-20(26-23(19)21)16-25-22(17-9-4-2-5-10-17)18-11-6-3-7-12-18/h2-15,22H,16H2,1H3.